The van der Waals surface area contributed by atoms with Crippen LogP contribution >= 0.6 is 11.6 Å². The Morgan fingerprint density at radius 2 is 2.28 bits per heavy atom. The van der Waals surface area contributed by atoms with Crippen LogP contribution in [0.4, 0.5) is 0 Å². The van der Waals surface area contributed by atoms with Gasteiger partial charge in [0.1, 0.15) is 0 Å². The second-order valence-electron chi connectivity index (χ2n) is 4.11. The van der Waals surface area contributed by atoms with Crippen LogP contribution < -0.4 is 5.32 Å². The Bertz CT molecular complexity index is 409. The minimum atomic E-state index is -0.559. The Balaban J connectivity index is 2.48. The molecule has 1 unspecified atom stereocenters. The number of aryl methyl sites for hydroxylation is 1. The number of halogens is 1. The summed E-state index contributed by atoms with van der Waals surface area (Å²) in [6.07, 6.45) is -0.102. The normalized spacial score (nSPS) is 12.2. The molecule has 0 aliphatic heterocycles. The molecule has 1 rings (SSSR count). The van der Waals surface area contributed by atoms with Gasteiger partial charge < -0.3 is 15.2 Å². The van der Waals surface area contributed by atoms with E-state index in [1.807, 2.05) is 6.92 Å². The molecular formula is C13H18ClNO3. The number of nitrogens with one attached hydrogen (secondary N) is 1. The highest BCUT2D eigenvalue weighted by Gasteiger charge is 2.10. The zero-order valence-electron chi connectivity index (χ0n) is 10.6. The van der Waals surface area contributed by atoms with E-state index in [0.29, 0.717) is 23.6 Å². The number of hydrogen-bond acceptors (Lipinski definition) is 3. The molecule has 0 bridgehead atoms. The summed E-state index contributed by atoms with van der Waals surface area (Å²) < 4.78 is 4.80. The molecule has 0 saturated heterocycles. The van der Waals surface area contributed by atoms with E-state index in [1.165, 1.54) is 7.11 Å². The quantitative estimate of drug-likeness (QED) is 0.829. The van der Waals surface area contributed by atoms with Crippen LogP contribution in [-0.2, 0) is 4.74 Å². The summed E-state index contributed by atoms with van der Waals surface area (Å²) in [7, 11) is 1.52. The molecule has 0 aliphatic rings. The smallest absolute Gasteiger partial charge is 0.251 e. The van der Waals surface area contributed by atoms with Crippen molar-refractivity contribution in [3.8, 4) is 0 Å². The number of rotatable bonds is 6. The average molecular weight is 272 g/mol. The number of carbonyl (C=O) groups is 1. The van der Waals surface area contributed by atoms with E-state index in [9.17, 15) is 9.90 Å². The molecular weight excluding hydrogens is 254 g/mol. The van der Waals surface area contributed by atoms with Crippen molar-refractivity contribution in [1.82, 2.24) is 5.32 Å². The van der Waals surface area contributed by atoms with Crippen LogP contribution in [0.5, 0.6) is 0 Å². The third-order valence-electron chi connectivity index (χ3n) is 2.57. The van der Waals surface area contributed by atoms with E-state index >= 15 is 0 Å². The molecule has 0 saturated carbocycles. The van der Waals surface area contributed by atoms with Gasteiger partial charge in [-0.1, -0.05) is 17.7 Å². The van der Waals surface area contributed by atoms with Crippen LogP contribution in [0.15, 0.2) is 18.2 Å². The van der Waals surface area contributed by atoms with Crippen molar-refractivity contribution < 1.29 is 14.6 Å². The van der Waals surface area contributed by atoms with Crippen LogP contribution in [0.1, 0.15) is 22.3 Å². The first-order valence-corrected chi connectivity index (χ1v) is 6.13. The minimum absolute atomic E-state index is 0.181. The van der Waals surface area contributed by atoms with E-state index < -0.39 is 6.10 Å². The molecule has 1 atom stereocenters. The van der Waals surface area contributed by atoms with Gasteiger partial charge in [-0.2, -0.15) is 0 Å². The topological polar surface area (TPSA) is 58.6 Å². The zero-order valence-corrected chi connectivity index (χ0v) is 11.3. The number of methoxy groups -OCH3 is 1. The molecule has 0 spiro atoms. The van der Waals surface area contributed by atoms with Gasteiger partial charge in [-0.15, -0.1) is 0 Å². The van der Waals surface area contributed by atoms with Gasteiger partial charge in [-0.05, 0) is 31.0 Å². The molecule has 1 aromatic carbocycles. The summed E-state index contributed by atoms with van der Waals surface area (Å²) in [4.78, 5) is 11.9. The van der Waals surface area contributed by atoms with E-state index in [0.717, 1.165) is 5.56 Å². The molecule has 0 fully saturated rings. The lowest BCUT2D eigenvalue weighted by molar-refractivity contribution is 0.0587. The van der Waals surface area contributed by atoms with Crippen molar-refractivity contribution in [3.05, 3.63) is 34.3 Å². The maximum Gasteiger partial charge on any atom is 0.251 e. The predicted molar refractivity (Wildman–Crippen MR) is 71.0 cm³/mol. The van der Waals surface area contributed by atoms with Gasteiger partial charge in [0, 0.05) is 24.2 Å². The second-order valence-corrected chi connectivity index (χ2v) is 4.55. The number of benzene rings is 1. The molecule has 2 N–H and O–H groups in total. The van der Waals surface area contributed by atoms with Crippen LogP contribution in [0.25, 0.3) is 0 Å². The van der Waals surface area contributed by atoms with Crippen molar-refractivity contribution in [2.75, 3.05) is 20.3 Å². The predicted octanol–water partition coefficient (Wildman–Crippen LogP) is 1.78. The summed E-state index contributed by atoms with van der Waals surface area (Å²) in [6.45, 7) is 2.52. The molecule has 0 aromatic heterocycles. The molecule has 1 amide bonds. The number of aliphatic hydroxyl groups excluding tert-OH is 1. The first-order chi connectivity index (χ1) is 8.54. The van der Waals surface area contributed by atoms with E-state index in [-0.39, 0.29) is 12.5 Å². The maximum atomic E-state index is 11.9. The SMILES string of the molecule is COCC(O)CCNC(=O)c1cc(Cl)ccc1C. The Morgan fingerprint density at radius 3 is 2.94 bits per heavy atom. The Morgan fingerprint density at radius 1 is 1.56 bits per heavy atom. The zero-order chi connectivity index (χ0) is 13.5. The lowest BCUT2D eigenvalue weighted by Crippen LogP contribution is -2.28. The van der Waals surface area contributed by atoms with Crippen LogP contribution in [-0.4, -0.2) is 37.4 Å². The van der Waals surface area contributed by atoms with Crippen molar-refractivity contribution in [1.29, 1.82) is 0 Å². The third-order valence-corrected chi connectivity index (χ3v) is 2.80. The molecule has 5 heteroatoms. The fourth-order valence-electron chi connectivity index (χ4n) is 1.56. The highest BCUT2D eigenvalue weighted by atomic mass is 35.5. The Kier molecular flexibility index (Phi) is 6.12. The summed E-state index contributed by atoms with van der Waals surface area (Å²) >= 11 is 5.85. The number of carbonyl (C=O) groups excluding carboxylic acids is 1. The van der Waals surface area contributed by atoms with Gasteiger partial charge in [-0.3, -0.25) is 4.79 Å². The van der Waals surface area contributed by atoms with Crippen molar-refractivity contribution in [2.45, 2.75) is 19.4 Å². The first kappa shape index (κ1) is 15.0. The maximum absolute atomic E-state index is 11.9. The number of amides is 1. The standard InChI is InChI=1S/C13H18ClNO3/c1-9-3-4-10(14)7-12(9)13(17)15-6-5-11(16)8-18-2/h3-4,7,11,16H,5-6,8H2,1-2H3,(H,15,17). The van der Waals surface area contributed by atoms with Crippen LogP contribution in [0.3, 0.4) is 0 Å². The van der Waals surface area contributed by atoms with Gasteiger partial charge in [0.15, 0.2) is 0 Å². The molecule has 4 nitrogen and oxygen atoms in total. The number of hydrogen-bond donors (Lipinski definition) is 2. The first-order valence-electron chi connectivity index (χ1n) is 5.76. The minimum Gasteiger partial charge on any atom is -0.391 e. The summed E-state index contributed by atoms with van der Waals surface area (Å²) in [5.41, 5.74) is 1.43. The summed E-state index contributed by atoms with van der Waals surface area (Å²) in [5.74, 6) is -0.181. The lowest BCUT2D eigenvalue weighted by atomic mass is 10.1. The van der Waals surface area contributed by atoms with Crippen LogP contribution in [0.2, 0.25) is 5.02 Å². The fraction of sp³-hybridized carbons (Fsp3) is 0.462. The van der Waals surface area contributed by atoms with E-state index in [4.69, 9.17) is 16.3 Å². The van der Waals surface area contributed by atoms with E-state index in [2.05, 4.69) is 5.32 Å². The highest BCUT2D eigenvalue weighted by molar-refractivity contribution is 6.31. The van der Waals surface area contributed by atoms with Crippen LogP contribution in [0, 0.1) is 6.92 Å². The van der Waals surface area contributed by atoms with Crippen molar-refractivity contribution >= 4 is 17.5 Å². The van der Waals surface area contributed by atoms with E-state index in [1.54, 1.807) is 18.2 Å². The number of aliphatic hydroxyl groups is 1. The van der Waals surface area contributed by atoms with Gasteiger partial charge in [-0.25, -0.2) is 0 Å². The van der Waals surface area contributed by atoms with Gasteiger partial charge in [0.05, 0.1) is 12.7 Å². The highest BCUT2D eigenvalue weighted by Crippen LogP contribution is 2.15. The fourth-order valence-corrected chi connectivity index (χ4v) is 1.73. The summed E-state index contributed by atoms with van der Waals surface area (Å²) in [6, 6.07) is 5.19. The van der Waals surface area contributed by atoms with Gasteiger partial charge in [0.2, 0.25) is 0 Å². The van der Waals surface area contributed by atoms with Crippen molar-refractivity contribution in [3.63, 3.8) is 0 Å². The van der Waals surface area contributed by atoms with Crippen molar-refractivity contribution in [2.24, 2.45) is 0 Å². The molecule has 100 valence electrons. The Hall–Kier alpha value is -1.10. The monoisotopic (exact) mass is 271 g/mol. The third kappa shape index (κ3) is 4.64. The molecule has 1 aromatic rings. The molecule has 0 radical (unpaired) electrons. The van der Waals surface area contributed by atoms with Gasteiger partial charge in [0.25, 0.3) is 5.91 Å². The van der Waals surface area contributed by atoms with Gasteiger partial charge >= 0.3 is 0 Å². The second kappa shape index (κ2) is 7.36. The largest absolute Gasteiger partial charge is 0.391 e. The molecule has 18 heavy (non-hydrogen) atoms. The summed E-state index contributed by atoms with van der Waals surface area (Å²) in [5, 5.41) is 12.7. The average Bonchev–Trinajstić information content (AvgIpc) is 2.32. The lowest BCUT2D eigenvalue weighted by Gasteiger charge is -2.11. The Labute approximate surface area is 112 Å². The molecule has 0 aliphatic carbocycles. The number of ether oxygens (including phenoxy) is 1. The molecule has 0 heterocycles.